The van der Waals surface area contributed by atoms with Crippen LogP contribution in [0.5, 0.6) is 0 Å². The fourth-order valence-electron chi connectivity index (χ4n) is 0.838. The number of nitrogens with one attached hydrogen (secondary N) is 1. The molecule has 0 aliphatic carbocycles. The van der Waals surface area contributed by atoms with Crippen molar-refractivity contribution in [3.05, 3.63) is 23.8 Å². The molecule has 0 unspecified atom stereocenters. The highest BCUT2D eigenvalue weighted by atomic mass is 19.1. The zero-order chi connectivity index (χ0) is 13.6. The summed E-state index contributed by atoms with van der Waals surface area (Å²) in [7, 11) is 0. The largest absolute Gasteiger partial charge is 0.279 e. The van der Waals surface area contributed by atoms with Gasteiger partial charge < -0.3 is 0 Å². The zero-order valence-electron chi connectivity index (χ0n) is 11.8. The van der Waals surface area contributed by atoms with Gasteiger partial charge in [0.1, 0.15) is 0 Å². The van der Waals surface area contributed by atoms with Gasteiger partial charge in [-0.1, -0.05) is 61.1 Å². The second-order valence-electron chi connectivity index (χ2n) is 1.96. The third-order valence-corrected chi connectivity index (χ3v) is 1.39. The molecule has 0 amide bonds. The van der Waals surface area contributed by atoms with Crippen molar-refractivity contribution in [1.29, 1.82) is 0 Å². The Kier molecular flexibility index (Phi) is 20.7. The minimum Gasteiger partial charge on any atom is -0.279 e. The van der Waals surface area contributed by atoms with Gasteiger partial charge in [0, 0.05) is 5.69 Å². The minimum absolute atomic E-state index is 0.466. The maximum Gasteiger partial charge on any atom is 0.239 e. The number of hydrogen-bond acceptors (Lipinski definition) is 1. The topological polar surface area (TPSA) is 28.7 Å². The number of rotatable bonds is 2. The molecule has 0 aromatic carbocycles. The van der Waals surface area contributed by atoms with Gasteiger partial charge in [-0.15, -0.1) is 5.10 Å². The smallest absolute Gasteiger partial charge is 0.239 e. The molecule has 0 fully saturated rings. The van der Waals surface area contributed by atoms with Crippen molar-refractivity contribution in [1.82, 2.24) is 10.2 Å². The maximum atomic E-state index is 12.6. The Morgan fingerprint density at radius 3 is 1.88 bits per heavy atom. The normalized spacial score (nSPS) is 7.25. The molecule has 3 heteroatoms. The van der Waals surface area contributed by atoms with E-state index in [4.69, 9.17) is 0 Å². The van der Waals surface area contributed by atoms with Gasteiger partial charge in [0.05, 0.1) is 5.56 Å². The molecule has 2 nitrogen and oxygen atoms in total. The number of nitrogens with zero attached hydrogens (tertiary/aromatic N) is 1. The van der Waals surface area contributed by atoms with E-state index in [-0.39, 0.29) is 0 Å². The van der Waals surface area contributed by atoms with Gasteiger partial charge in [0.15, 0.2) is 0 Å². The molecular formula is C13H27FN2. The summed E-state index contributed by atoms with van der Waals surface area (Å²) in [6, 6.07) is 0. The second kappa shape index (κ2) is 16.3. The van der Waals surface area contributed by atoms with Crippen LogP contribution in [0.2, 0.25) is 0 Å². The molecule has 0 aliphatic heterocycles. The molecule has 1 aromatic rings. The Hall–Kier alpha value is -1.12. The quantitative estimate of drug-likeness (QED) is 0.774. The summed E-state index contributed by atoms with van der Waals surface area (Å²) in [5, 5.41) is 5.97. The molecule has 0 saturated heterocycles. The van der Waals surface area contributed by atoms with E-state index in [0.717, 1.165) is 12.1 Å². The number of aromatic nitrogens is 2. The van der Waals surface area contributed by atoms with Gasteiger partial charge in [-0.25, -0.2) is 0 Å². The first-order valence-corrected chi connectivity index (χ1v) is 6.14. The molecule has 1 N–H and O–H groups in total. The lowest BCUT2D eigenvalue weighted by Crippen LogP contribution is -1.82. The SMILES string of the molecule is C=Cc1c(F)n[nH]c1CC.CC.CC.CC. The Bertz CT molecular complexity index is 242. The van der Waals surface area contributed by atoms with Crippen LogP contribution in [-0.4, -0.2) is 10.2 Å². The van der Waals surface area contributed by atoms with Crippen LogP contribution in [0, 0.1) is 5.95 Å². The Labute approximate surface area is 100.0 Å². The van der Waals surface area contributed by atoms with Crippen LogP contribution >= 0.6 is 0 Å². The van der Waals surface area contributed by atoms with Crippen LogP contribution in [-0.2, 0) is 6.42 Å². The van der Waals surface area contributed by atoms with Gasteiger partial charge in [0.25, 0.3) is 0 Å². The Morgan fingerprint density at radius 1 is 1.19 bits per heavy atom. The molecule has 0 radical (unpaired) electrons. The molecule has 0 spiro atoms. The monoisotopic (exact) mass is 230 g/mol. The summed E-state index contributed by atoms with van der Waals surface area (Å²) >= 11 is 0. The molecule has 1 rings (SSSR count). The molecule has 0 aliphatic rings. The third-order valence-electron chi connectivity index (χ3n) is 1.39. The van der Waals surface area contributed by atoms with Crippen molar-refractivity contribution in [3.63, 3.8) is 0 Å². The van der Waals surface area contributed by atoms with Crippen LogP contribution in [0.4, 0.5) is 4.39 Å². The van der Waals surface area contributed by atoms with Crippen LogP contribution < -0.4 is 0 Å². The molecule has 1 heterocycles. The minimum atomic E-state index is -0.466. The van der Waals surface area contributed by atoms with Gasteiger partial charge in [-0.05, 0) is 6.42 Å². The van der Waals surface area contributed by atoms with Crippen molar-refractivity contribution in [2.45, 2.75) is 54.9 Å². The number of aromatic amines is 1. The fourth-order valence-corrected chi connectivity index (χ4v) is 0.838. The maximum absolute atomic E-state index is 12.6. The summed E-state index contributed by atoms with van der Waals surface area (Å²) in [6.07, 6.45) is 2.22. The van der Waals surface area contributed by atoms with Crippen LogP contribution in [0.1, 0.15) is 59.7 Å². The van der Waals surface area contributed by atoms with E-state index in [2.05, 4.69) is 16.8 Å². The van der Waals surface area contributed by atoms with E-state index in [1.807, 2.05) is 48.5 Å². The molecule has 96 valence electrons. The summed E-state index contributed by atoms with van der Waals surface area (Å²) in [5.74, 6) is -0.466. The first-order valence-electron chi connectivity index (χ1n) is 6.14. The lowest BCUT2D eigenvalue weighted by atomic mass is 10.2. The van der Waals surface area contributed by atoms with Crippen molar-refractivity contribution >= 4 is 6.08 Å². The molecule has 0 saturated carbocycles. The van der Waals surface area contributed by atoms with Gasteiger partial charge >= 0.3 is 0 Å². The summed E-state index contributed by atoms with van der Waals surface area (Å²) in [5.41, 5.74) is 1.29. The standard InChI is InChI=1S/C7H9FN2.3C2H6/c1-3-5-6(4-2)9-10-7(5)8;3*1-2/h3H,1,4H2,2H3,(H,9,10);3*1-2H3. The van der Waals surface area contributed by atoms with E-state index in [1.165, 1.54) is 6.08 Å². The number of hydrogen-bond donors (Lipinski definition) is 1. The summed E-state index contributed by atoms with van der Waals surface area (Å²) < 4.78 is 12.6. The van der Waals surface area contributed by atoms with Crippen LogP contribution in [0.3, 0.4) is 0 Å². The predicted octanol–water partition coefficient (Wildman–Crippen LogP) is 4.83. The molecule has 16 heavy (non-hydrogen) atoms. The van der Waals surface area contributed by atoms with Crippen LogP contribution in [0.25, 0.3) is 6.08 Å². The number of H-pyrrole nitrogens is 1. The van der Waals surface area contributed by atoms with Gasteiger partial charge in [-0.2, -0.15) is 4.39 Å². The highest BCUT2D eigenvalue weighted by molar-refractivity contribution is 5.48. The molecular weight excluding hydrogens is 203 g/mol. The second-order valence-corrected chi connectivity index (χ2v) is 1.96. The average molecular weight is 230 g/mol. The first-order chi connectivity index (χ1) is 7.79. The van der Waals surface area contributed by atoms with E-state index in [0.29, 0.717) is 5.56 Å². The van der Waals surface area contributed by atoms with Gasteiger partial charge in [0.2, 0.25) is 5.95 Å². The van der Waals surface area contributed by atoms with Crippen molar-refractivity contribution in [3.8, 4) is 0 Å². The predicted molar refractivity (Wildman–Crippen MR) is 72.1 cm³/mol. The lowest BCUT2D eigenvalue weighted by molar-refractivity contribution is 0.577. The van der Waals surface area contributed by atoms with E-state index >= 15 is 0 Å². The zero-order valence-corrected chi connectivity index (χ0v) is 11.8. The summed E-state index contributed by atoms with van der Waals surface area (Å²) in [6.45, 7) is 17.4. The fraction of sp³-hybridized carbons (Fsp3) is 0.615. The molecule has 0 bridgehead atoms. The lowest BCUT2D eigenvalue weighted by Gasteiger charge is -1.89. The first kappa shape index (κ1) is 20.3. The highest BCUT2D eigenvalue weighted by Crippen LogP contribution is 2.10. The van der Waals surface area contributed by atoms with Gasteiger partial charge in [-0.3, -0.25) is 5.10 Å². The number of aryl methyl sites for hydroxylation is 1. The van der Waals surface area contributed by atoms with E-state index in [9.17, 15) is 4.39 Å². The van der Waals surface area contributed by atoms with Crippen molar-refractivity contribution < 1.29 is 4.39 Å². The van der Waals surface area contributed by atoms with E-state index in [1.54, 1.807) is 0 Å². The van der Waals surface area contributed by atoms with Crippen LogP contribution in [0.15, 0.2) is 6.58 Å². The summed E-state index contributed by atoms with van der Waals surface area (Å²) in [4.78, 5) is 0. The van der Waals surface area contributed by atoms with Crippen molar-refractivity contribution in [2.75, 3.05) is 0 Å². The van der Waals surface area contributed by atoms with E-state index < -0.39 is 5.95 Å². The highest BCUT2D eigenvalue weighted by Gasteiger charge is 2.06. The molecule has 1 aromatic heterocycles. The average Bonchev–Trinajstić information content (AvgIpc) is 2.77. The Morgan fingerprint density at radius 2 is 1.62 bits per heavy atom. The number of halogens is 1. The molecule has 0 atom stereocenters. The third kappa shape index (κ3) is 7.21. The van der Waals surface area contributed by atoms with Crippen molar-refractivity contribution in [2.24, 2.45) is 0 Å². The Balaban J connectivity index is -0.000000245.